The maximum absolute atomic E-state index is 4.34. The third-order valence-corrected chi connectivity index (χ3v) is 4.32. The molecule has 0 saturated carbocycles. The SMILES string of the molecule is CCC(C)CCCCNCNNC=NCC[C@@H](C)C(C)C. The van der Waals surface area contributed by atoms with Crippen molar-refractivity contribution in [2.24, 2.45) is 22.7 Å². The van der Waals surface area contributed by atoms with Crippen LogP contribution in [0.4, 0.5) is 0 Å². The Balaban J connectivity index is 3.22. The van der Waals surface area contributed by atoms with Gasteiger partial charge in [0, 0.05) is 6.54 Å². The fraction of sp³-hybridized carbons (Fsp3) is 0.941. The van der Waals surface area contributed by atoms with Crippen LogP contribution >= 0.6 is 0 Å². The molecule has 0 rings (SSSR count). The molecule has 1 unspecified atom stereocenters. The average molecular weight is 299 g/mol. The van der Waals surface area contributed by atoms with Crippen LogP contribution in [-0.4, -0.2) is 26.1 Å². The monoisotopic (exact) mass is 298 g/mol. The summed E-state index contributed by atoms with van der Waals surface area (Å²) < 4.78 is 0. The molecule has 0 radical (unpaired) electrons. The lowest BCUT2D eigenvalue weighted by molar-refractivity contribution is 0.398. The molecule has 126 valence electrons. The van der Waals surface area contributed by atoms with Crippen molar-refractivity contribution >= 4 is 6.34 Å². The van der Waals surface area contributed by atoms with Crippen LogP contribution in [0.1, 0.15) is 66.7 Å². The molecule has 0 spiro atoms. The Morgan fingerprint density at radius 1 is 1.05 bits per heavy atom. The minimum Gasteiger partial charge on any atom is -0.311 e. The third kappa shape index (κ3) is 14.1. The normalized spacial score (nSPS) is 14.8. The first-order valence-corrected chi connectivity index (χ1v) is 8.75. The summed E-state index contributed by atoms with van der Waals surface area (Å²) in [4.78, 5) is 4.34. The summed E-state index contributed by atoms with van der Waals surface area (Å²) in [5.41, 5.74) is 6.10. The third-order valence-electron chi connectivity index (χ3n) is 4.32. The molecular weight excluding hydrogens is 260 g/mol. The van der Waals surface area contributed by atoms with Crippen LogP contribution in [-0.2, 0) is 0 Å². The topological polar surface area (TPSA) is 48.4 Å². The molecule has 0 amide bonds. The van der Waals surface area contributed by atoms with Crippen LogP contribution in [0.3, 0.4) is 0 Å². The average Bonchev–Trinajstić information content (AvgIpc) is 2.47. The summed E-state index contributed by atoms with van der Waals surface area (Å²) in [5, 5.41) is 3.37. The van der Waals surface area contributed by atoms with E-state index in [1.165, 1.54) is 25.7 Å². The highest BCUT2D eigenvalue weighted by Crippen LogP contribution is 2.13. The number of nitrogens with one attached hydrogen (secondary N) is 3. The second-order valence-corrected chi connectivity index (χ2v) is 6.55. The first-order chi connectivity index (χ1) is 10.1. The maximum atomic E-state index is 4.34. The summed E-state index contributed by atoms with van der Waals surface area (Å²) in [5.74, 6) is 2.36. The number of unbranched alkanes of at least 4 members (excludes halogenated alkanes) is 1. The fourth-order valence-corrected chi connectivity index (χ4v) is 1.92. The highest BCUT2D eigenvalue weighted by Gasteiger charge is 2.04. The first-order valence-electron chi connectivity index (χ1n) is 8.75. The van der Waals surface area contributed by atoms with Gasteiger partial charge >= 0.3 is 0 Å². The molecule has 2 atom stereocenters. The molecule has 0 aromatic heterocycles. The Morgan fingerprint density at radius 2 is 1.81 bits per heavy atom. The van der Waals surface area contributed by atoms with Gasteiger partial charge in [0.15, 0.2) is 0 Å². The minimum atomic E-state index is 0.743. The van der Waals surface area contributed by atoms with Crippen molar-refractivity contribution in [2.45, 2.75) is 66.7 Å². The molecular formula is C17H38N4. The van der Waals surface area contributed by atoms with E-state index in [9.17, 15) is 0 Å². The lowest BCUT2D eigenvalue weighted by Gasteiger charge is -2.13. The van der Waals surface area contributed by atoms with Crippen molar-refractivity contribution in [1.29, 1.82) is 0 Å². The van der Waals surface area contributed by atoms with Crippen molar-refractivity contribution in [1.82, 2.24) is 16.2 Å². The van der Waals surface area contributed by atoms with E-state index in [2.05, 4.69) is 55.8 Å². The molecule has 0 aliphatic heterocycles. The molecule has 4 heteroatoms. The van der Waals surface area contributed by atoms with Gasteiger partial charge in [-0.2, -0.15) is 0 Å². The Hall–Kier alpha value is -0.610. The van der Waals surface area contributed by atoms with E-state index < -0.39 is 0 Å². The predicted octanol–water partition coefficient (Wildman–Crippen LogP) is 3.55. The molecule has 3 N–H and O–H groups in total. The molecule has 0 bridgehead atoms. The second-order valence-electron chi connectivity index (χ2n) is 6.55. The molecule has 0 fully saturated rings. The van der Waals surface area contributed by atoms with Crippen molar-refractivity contribution < 1.29 is 0 Å². The van der Waals surface area contributed by atoms with Crippen molar-refractivity contribution in [3.05, 3.63) is 0 Å². The van der Waals surface area contributed by atoms with Gasteiger partial charge in [-0.15, -0.1) is 0 Å². The highest BCUT2D eigenvalue weighted by molar-refractivity contribution is 5.53. The Labute approximate surface area is 132 Å². The number of hydrogen-bond donors (Lipinski definition) is 3. The summed E-state index contributed by atoms with van der Waals surface area (Å²) in [6, 6.07) is 0. The van der Waals surface area contributed by atoms with E-state index >= 15 is 0 Å². The van der Waals surface area contributed by atoms with Gasteiger partial charge in [0.2, 0.25) is 0 Å². The van der Waals surface area contributed by atoms with Gasteiger partial charge in [0.1, 0.15) is 0 Å². The smallest absolute Gasteiger partial charge is 0.0966 e. The summed E-state index contributed by atoms with van der Waals surface area (Å²) in [6.45, 7) is 14.2. The Morgan fingerprint density at radius 3 is 2.48 bits per heavy atom. The largest absolute Gasteiger partial charge is 0.311 e. The fourth-order valence-electron chi connectivity index (χ4n) is 1.92. The van der Waals surface area contributed by atoms with Crippen LogP contribution in [0.15, 0.2) is 4.99 Å². The van der Waals surface area contributed by atoms with E-state index in [1.54, 1.807) is 6.34 Å². The Kier molecular flexibility index (Phi) is 13.9. The lowest BCUT2D eigenvalue weighted by atomic mass is 9.95. The highest BCUT2D eigenvalue weighted by atomic mass is 15.4. The van der Waals surface area contributed by atoms with Crippen LogP contribution in [0.2, 0.25) is 0 Å². The molecule has 0 aliphatic rings. The predicted molar refractivity (Wildman–Crippen MR) is 94.4 cm³/mol. The molecule has 0 aromatic carbocycles. The first kappa shape index (κ1) is 20.4. The van der Waals surface area contributed by atoms with Gasteiger partial charge < -0.3 is 10.7 Å². The maximum Gasteiger partial charge on any atom is 0.0966 e. The van der Waals surface area contributed by atoms with Gasteiger partial charge in [-0.3, -0.25) is 4.99 Å². The van der Waals surface area contributed by atoms with E-state index in [0.717, 1.165) is 43.9 Å². The number of rotatable bonds is 14. The van der Waals surface area contributed by atoms with Crippen LogP contribution in [0.25, 0.3) is 0 Å². The standard InChI is InChI=1S/C17H38N4/c1-6-16(4)9-7-8-11-18-13-20-21-14-19-12-10-17(5)15(2)3/h14-18,20H,6-13H2,1-5H3,(H,19,21)/t16?,17-/m1/s1. The second kappa shape index (κ2) is 14.3. The van der Waals surface area contributed by atoms with E-state index in [-0.39, 0.29) is 0 Å². The van der Waals surface area contributed by atoms with Crippen LogP contribution in [0.5, 0.6) is 0 Å². The summed E-state index contributed by atoms with van der Waals surface area (Å²) in [7, 11) is 0. The lowest BCUT2D eigenvalue weighted by Crippen LogP contribution is -2.38. The zero-order chi connectivity index (χ0) is 15.9. The molecule has 21 heavy (non-hydrogen) atoms. The molecule has 4 nitrogen and oxygen atoms in total. The summed E-state index contributed by atoms with van der Waals surface area (Å²) in [6.07, 6.45) is 8.15. The minimum absolute atomic E-state index is 0.743. The van der Waals surface area contributed by atoms with Gasteiger partial charge in [-0.25, -0.2) is 5.43 Å². The van der Waals surface area contributed by atoms with Gasteiger partial charge in [0.05, 0.1) is 13.0 Å². The van der Waals surface area contributed by atoms with Crippen LogP contribution in [0, 0.1) is 17.8 Å². The number of nitrogens with zero attached hydrogens (tertiary/aromatic N) is 1. The molecule has 0 heterocycles. The number of hydrazine groups is 1. The quantitative estimate of drug-likeness (QED) is 0.151. The van der Waals surface area contributed by atoms with Crippen molar-refractivity contribution in [3.63, 3.8) is 0 Å². The van der Waals surface area contributed by atoms with E-state index in [1.807, 2.05) is 0 Å². The number of aliphatic imine (C=N–C) groups is 1. The van der Waals surface area contributed by atoms with Gasteiger partial charge in [-0.1, -0.05) is 53.9 Å². The van der Waals surface area contributed by atoms with Gasteiger partial charge in [-0.05, 0) is 37.1 Å². The molecule has 0 saturated heterocycles. The van der Waals surface area contributed by atoms with E-state index in [4.69, 9.17) is 0 Å². The van der Waals surface area contributed by atoms with E-state index in [0.29, 0.717) is 0 Å². The zero-order valence-corrected chi connectivity index (χ0v) is 14.9. The Bertz CT molecular complexity index is 241. The van der Waals surface area contributed by atoms with Crippen molar-refractivity contribution in [3.8, 4) is 0 Å². The summed E-state index contributed by atoms with van der Waals surface area (Å²) >= 11 is 0. The molecule has 0 aromatic rings. The zero-order valence-electron chi connectivity index (χ0n) is 14.9. The molecule has 0 aliphatic carbocycles. The van der Waals surface area contributed by atoms with Crippen LogP contribution < -0.4 is 16.2 Å². The number of hydrogen-bond acceptors (Lipinski definition) is 3. The van der Waals surface area contributed by atoms with Gasteiger partial charge in [0.25, 0.3) is 0 Å². The van der Waals surface area contributed by atoms with Crippen molar-refractivity contribution in [2.75, 3.05) is 19.8 Å².